The lowest BCUT2D eigenvalue weighted by Gasteiger charge is -2.22. The van der Waals surface area contributed by atoms with E-state index in [0.717, 1.165) is 5.69 Å². The molecule has 0 radical (unpaired) electrons. The second-order valence-corrected chi connectivity index (χ2v) is 3.70. The van der Waals surface area contributed by atoms with Crippen molar-refractivity contribution in [3.8, 4) is 0 Å². The Morgan fingerprint density at radius 1 is 1.17 bits per heavy atom. The molecule has 1 aromatic carbocycles. The summed E-state index contributed by atoms with van der Waals surface area (Å²) >= 11 is 0. The number of benzene rings is 1. The number of hydrogen-bond acceptors (Lipinski definition) is 5. The smallest absolute Gasteiger partial charge is 0.338 e. The minimum Gasteiger partial charge on any atom is -0.462 e. The number of hydrogen-bond donors (Lipinski definition) is 2. The van der Waals surface area contributed by atoms with Gasteiger partial charge in [-0.25, -0.2) is 4.79 Å². The fraction of sp³-hybridized carbons (Fsp3) is 0.462. The molecule has 18 heavy (non-hydrogen) atoms. The van der Waals surface area contributed by atoms with E-state index in [1.165, 1.54) is 0 Å². The summed E-state index contributed by atoms with van der Waals surface area (Å²) in [6, 6.07) is 6.90. The molecule has 0 bridgehead atoms. The third-order valence-corrected chi connectivity index (χ3v) is 2.48. The molecule has 0 unspecified atom stereocenters. The molecule has 0 saturated heterocycles. The highest BCUT2D eigenvalue weighted by atomic mass is 16.5. The summed E-state index contributed by atoms with van der Waals surface area (Å²) < 4.78 is 4.89. The number of esters is 1. The SMILES string of the molecule is CCOC(=O)c1ccc(N(CCO)CCO)cc1. The van der Waals surface area contributed by atoms with Crippen molar-refractivity contribution >= 4 is 11.7 Å². The fourth-order valence-corrected chi connectivity index (χ4v) is 1.63. The zero-order valence-electron chi connectivity index (χ0n) is 10.5. The number of ether oxygens (including phenoxy) is 1. The van der Waals surface area contributed by atoms with Crippen LogP contribution in [0.4, 0.5) is 5.69 Å². The van der Waals surface area contributed by atoms with Crippen molar-refractivity contribution in [1.29, 1.82) is 0 Å². The van der Waals surface area contributed by atoms with Gasteiger partial charge in [0.2, 0.25) is 0 Å². The minimum atomic E-state index is -0.347. The van der Waals surface area contributed by atoms with E-state index in [2.05, 4.69) is 0 Å². The van der Waals surface area contributed by atoms with Crippen molar-refractivity contribution in [2.45, 2.75) is 6.92 Å². The molecule has 0 fully saturated rings. The fourth-order valence-electron chi connectivity index (χ4n) is 1.63. The lowest BCUT2D eigenvalue weighted by atomic mass is 10.2. The Morgan fingerprint density at radius 2 is 1.72 bits per heavy atom. The number of carbonyl (C=O) groups is 1. The second-order valence-electron chi connectivity index (χ2n) is 3.70. The van der Waals surface area contributed by atoms with Gasteiger partial charge in [0, 0.05) is 18.8 Å². The van der Waals surface area contributed by atoms with Gasteiger partial charge in [-0.05, 0) is 31.2 Å². The standard InChI is InChI=1S/C13H19NO4/c1-2-18-13(17)11-3-5-12(6-4-11)14(7-9-15)8-10-16/h3-6,15-16H,2,7-10H2,1H3. The Labute approximate surface area is 107 Å². The normalized spacial score (nSPS) is 10.2. The molecule has 1 rings (SSSR count). The van der Waals surface area contributed by atoms with E-state index in [9.17, 15) is 4.79 Å². The van der Waals surface area contributed by atoms with Crippen molar-refractivity contribution in [2.75, 3.05) is 37.8 Å². The third-order valence-electron chi connectivity index (χ3n) is 2.48. The largest absolute Gasteiger partial charge is 0.462 e. The van der Waals surface area contributed by atoms with Crippen LogP contribution in [-0.2, 0) is 4.74 Å². The average Bonchev–Trinajstić information content (AvgIpc) is 2.39. The first-order chi connectivity index (χ1) is 8.72. The van der Waals surface area contributed by atoms with Crippen molar-refractivity contribution < 1.29 is 19.7 Å². The van der Waals surface area contributed by atoms with Crippen LogP contribution in [0.15, 0.2) is 24.3 Å². The predicted molar refractivity (Wildman–Crippen MR) is 68.8 cm³/mol. The van der Waals surface area contributed by atoms with Crippen molar-refractivity contribution in [2.24, 2.45) is 0 Å². The molecule has 0 saturated carbocycles. The topological polar surface area (TPSA) is 70.0 Å². The van der Waals surface area contributed by atoms with Gasteiger partial charge in [0.1, 0.15) is 0 Å². The van der Waals surface area contributed by atoms with Crippen LogP contribution in [0.1, 0.15) is 17.3 Å². The summed E-state index contributed by atoms with van der Waals surface area (Å²) in [5, 5.41) is 17.9. The zero-order valence-corrected chi connectivity index (χ0v) is 10.5. The van der Waals surface area contributed by atoms with Crippen LogP contribution in [-0.4, -0.2) is 49.1 Å². The van der Waals surface area contributed by atoms with Crippen molar-refractivity contribution in [3.05, 3.63) is 29.8 Å². The molecule has 2 N–H and O–H groups in total. The molecule has 0 aliphatic rings. The Morgan fingerprint density at radius 3 is 2.17 bits per heavy atom. The molecular weight excluding hydrogens is 234 g/mol. The molecule has 0 atom stereocenters. The zero-order chi connectivity index (χ0) is 13.4. The predicted octanol–water partition coefficient (Wildman–Crippen LogP) is 0.654. The van der Waals surface area contributed by atoms with Gasteiger partial charge in [0.15, 0.2) is 0 Å². The molecule has 100 valence electrons. The van der Waals surface area contributed by atoms with E-state index in [1.54, 1.807) is 31.2 Å². The first-order valence-electron chi connectivity index (χ1n) is 5.96. The van der Waals surface area contributed by atoms with Crippen molar-refractivity contribution in [3.63, 3.8) is 0 Å². The molecule has 5 nitrogen and oxygen atoms in total. The van der Waals surface area contributed by atoms with Gasteiger partial charge in [-0.15, -0.1) is 0 Å². The van der Waals surface area contributed by atoms with Crippen LogP contribution in [0.3, 0.4) is 0 Å². The molecule has 0 spiro atoms. The second kappa shape index (κ2) is 7.68. The third kappa shape index (κ3) is 4.01. The highest BCUT2D eigenvalue weighted by Gasteiger charge is 2.08. The number of carbonyl (C=O) groups excluding carboxylic acids is 1. The first-order valence-corrected chi connectivity index (χ1v) is 5.96. The van der Waals surface area contributed by atoms with Crippen LogP contribution in [0.25, 0.3) is 0 Å². The first kappa shape index (κ1) is 14.5. The van der Waals surface area contributed by atoms with Crippen LogP contribution in [0, 0.1) is 0 Å². The van der Waals surface area contributed by atoms with Gasteiger partial charge in [-0.3, -0.25) is 0 Å². The van der Waals surface area contributed by atoms with Gasteiger partial charge < -0.3 is 19.8 Å². The summed E-state index contributed by atoms with van der Waals surface area (Å²) in [5.74, 6) is -0.347. The van der Waals surface area contributed by atoms with E-state index in [1.807, 2.05) is 4.90 Å². The quantitative estimate of drug-likeness (QED) is 0.698. The summed E-state index contributed by atoms with van der Waals surface area (Å²) in [6.45, 7) is 3.02. The Hall–Kier alpha value is -1.59. The molecule has 0 aliphatic carbocycles. The van der Waals surface area contributed by atoms with Crippen LogP contribution >= 0.6 is 0 Å². The maximum absolute atomic E-state index is 11.5. The monoisotopic (exact) mass is 253 g/mol. The van der Waals surface area contributed by atoms with Crippen LogP contribution in [0.2, 0.25) is 0 Å². The molecule has 0 aromatic heterocycles. The highest BCUT2D eigenvalue weighted by molar-refractivity contribution is 5.89. The lowest BCUT2D eigenvalue weighted by Crippen LogP contribution is -2.29. The number of rotatable bonds is 7. The van der Waals surface area contributed by atoms with E-state index < -0.39 is 0 Å². The van der Waals surface area contributed by atoms with E-state index >= 15 is 0 Å². The van der Waals surface area contributed by atoms with E-state index in [-0.39, 0.29) is 19.2 Å². The van der Waals surface area contributed by atoms with E-state index in [0.29, 0.717) is 25.3 Å². The Balaban J connectivity index is 2.76. The molecule has 5 heteroatoms. The molecule has 1 aromatic rings. The summed E-state index contributed by atoms with van der Waals surface area (Å²) in [6.07, 6.45) is 0. The number of nitrogens with zero attached hydrogens (tertiary/aromatic N) is 1. The van der Waals surface area contributed by atoms with Gasteiger partial charge in [0.05, 0.1) is 25.4 Å². The van der Waals surface area contributed by atoms with Gasteiger partial charge in [-0.1, -0.05) is 0 Å². The summed E-state index contributed by atoms with van der Waals surface area (Å²) in [7, 11) is 0. The molecule has 0 aliphatic heterocycles. The molecule has 0 heterocycles. The lowest BCUT2D eigenvalue weighted by molar-refractivity contribution is 0.0526. The maximum atomic E-state index is 11.5. The summed E-state index contributed by atoms with van der Waals surface area (Å²) in [4.78, 5) is 13.3. The Kier molecular flexibility index (Phi) is 6.18. The van der Waals surface area contributed by atoms with Crippen molar-refractivity contribution in [1.82, 2.24) is 0 Å². The van der Waals surface area contributed by atoms with Crippen LogP contribution in [0.5, 0.6) is 0 Å². The molecule has 0 amide bonds. The van der Waals surface area contributed by atoms with Crippen LogP contribution < -0.4 is 4.90 Å². The highest BCUT2D eigenvalue weighted by Crippen LogP contribution is 2.15. The number of anilines is 1. The minimum absolute atomic E-state index is 0.0135. The Bertz CT molecular complexity index is 358. The van der Waals surface area contributed by atoms with E-state index in [4.69, 9.17) is 14.9 Å². The van der Waals surface area contributed by atoms with Gasteiger partial charge in [-0.2, -0.15) is 0 Å². The van der Waals surface area contributed by atoms with Gasteiger partial charge in [0.25, 0.3) is 0 Å². The average molecular weight is 253 g/mol. The molecular formula is C13H19NO4. The number of aliphatic hydroxyl groups excluding tert-OH is 2. The van der Waals surface area contributed by atoms with Gasteiger partial charge >= 0.3 is 5.97 Å². The summed E-state index contributed by atoms with van der Waals surface area (Å²) in [5.41, 5.74) is 1.35. The number of aliphatic hydroxyl groups is 2. The maximum Gasteiger partial charge on any atom is 0.338 e.